The predicted molar refractivity (Wildman–Crippen MR) is 155 cm³/mol. The van der Waals surface area contributed by atoms with E-state index in [1.165, 1.54) is 67.9 Å². The highest BCUT2D eigenvalue weighted by Crippen LogP contribution is 2.37. The van der Waals surface area contributed by atoms with E-state index in [0.29, 0.717) is 32.6 Å². The molecule has 1 heterocycles. The number of halogens is 2. The van der Waals surface area contributed by atoms with Gasteiger partial charge in [-0.05, 0) is 60.2 Å². The molecular formula is C30H20ClFN4O6. The van der Waals surface area contributed by atoms with E-state index in [4.69, 9.17) is 21.1 Å². The highest BCUT2D eigenvalue weighted by Gasteiger charge is 2.21. The van der Waals surface area contributed by atoms with Crippen LogP contribution < -0.4 is 14.9 Å². The lowest BCUT2D eigenvalue weighted by atomic mass is 10.0. The molecule has 0 spiro atoms. The van der Waals surface area contributed by atoms with E-state index < -0.39 is 22.6 Å². The van der Waals surface area contributed by atoms with Crippen LogP contribution >= 0.6 is 11.6 Å². The number of hydrogen-bond donors (Lipinski definition) is 2. The summed E-state index contributed by atoms with van der Waals surface area (Å²) >= 11 is 6.41. The molecule has 0 unspecified atom stereocenters. The number of methoxy groups -OCH3 is 1. The molecule has 0 aliphatic rings. The fourth-order valence-corrected chi connectivity index (χ4v) is 4.46. The van der Waals surface area contributed by atoms with Gasteiger partial charge in [0.15, 0.2) is 11.5 Å². The molecule has 2 N–H and O–H groups in total. The van der Waals surface area contributed by atoms with Crippen LogP contribution in [0.2, 0.25) is 5.02 Å². The van der Waals surface area contributed by atoms with Gasteiger partial charge in [0.25, 0.3) is 11.6 Å². The van der Waals surface area contributed by atoms with Crippen LogP contribution in [0.15, 0.2) is 90.0 Å². The molecule has 1 aromatic heterocycles. The van der Waals surface area contributed by atoms with Crippen molar-refractivity contribution in [2.24, 2.45) is 5.10 Å². The van der Waals surface area contributed by atoms with Gasteiger partial charge in [0, 0.05) is 39.2 Å². The molecule has 42 heavy (non-hydrogen) atoms. The quantitative estimate of drug-likeness (QED) is 0.0698. The van der Waals surface area contributed by atoms with Crippen molar-refractivity contribution in [3.8, 4) is 22.6 Å². The molecule has 0 atom stereocenters. The fourth-order valence-electron chi connectivity index (χ4n) is 4.23. The number of esters is 1. The second kappa shape index (κ2) is 11.9. The Kier molecular flexibility index (Phi) is 7.93. The van der Waals surface area contributed by atoms with Gasteiger partial charge in [0.2, 0.25) is 0 Å². The molecule has 0 saturated heterocycles. The number of amides is 1. The molecule has 10 nitrogen and oxygen atoms in total. The minimum atomic E-state index is -0.732. The Morgan fingerprint density at radius 2 is 1.79 bits per heavy atom. The summed E-state index contributed by atoms with van der Waals surface area (Å²) in [5.74, 6) is -1.46. The number of benzene rings is 4. The summed E-state index contributed by atoms with van der Waals surface area (Å²) in [6.07, 6.45) is 1.36. The van der Waals surface area contributed by atoms with E-state index in [1.807, 2.05) is 0 Å². The van der Waals surface area contributed by atoms with Crippen molar-refractivity contribution in [3.63, 3.8) is 0 Å². The first-order valence-corrected chi connectivity index (χ1v) is 12.7. The molecule has 210 valence electrons. The minimum absolute atomic E-state index is 0.108. The maximum Gasteiger partial charge on any atom is 0.343 e. The molecule has 12 heteroatoms. The number of aromatic nitrogens is 1. The van der Waals surface area contributed by atoms with Crippen molar-refractivity contribution >= 4 is 46.3 Å². The third kappa shape index (κ3) is 5.81. The number of carbonyl (C=O) groups is 2. The van der Waals surface area contributed by atoms with E-state index >= 15 is 0 Å². The second-order valence-corrected chi connectivity index (χ2v) is 9.25. The summed E-state index contributed by atoms with van der Waals surface area (Å²) in [7, 11) is 1.39. The Labute approximate surface area is 242 Å². The summed E-state index contributed by atoms with van der Waals surface area (Å²) in [6.45, 7) is 0. The maximum absolute atomic E-state index is 14.1. The van der Waals surface area contributed by atoms with E-state index in [2.05, 4.69) is 15.5 Å². The van der Waals surface area contributed by atoms with E-state index in [0.717, 1.165) is 0 Å². The maximum atomic E-state index is 14.1. The molecule has 1 amide bonds. The van der Waals surface area contributed by atoms with Crippen LogP contribution in [0.1, 0.15) is 26.4 Å². The monoisotopic (exact) mass is 586 g/mol. The van der Waals surface area contributed by atoms with Crippen molar-refractivity contribution < 1.29 is 28.4 Å². The smallest absolute Gasteiger partial charge is 0.343 e. The summed E-state index contributed by atoms with van der Waals surface area (Å²) < 4.78 is 24.8. The Balaban J connectivity index is 1.34. The van der Waals surface area contributed by atoms with Gasteiger partial charge in [0.05, 0.1) is 23.8 Å². The topological polar surface area (TPSA) is 136 Å². The number of non-ortho nitro benzene ring substituents is 1. The number of aromatic amines is 1. The first-order valence-electron chi connectivity index (χ1n) is 12.3. The summed E-state index contributed by atoms with van der Waals surface area (Å²) in [5.41, 5.74) is 4.60. The van der Waals surface area contributed by atoms with Gasteiger partial charge in [-0.15, -0.1) is 0 Å². The van der Waals surface area contributed by atoms with Gasteiger partial charge < -0.3 is 14.5 Å². The molecule has 5 rings (SSSR count). The molecule has 0 radical (unpaired) electrons. The summed E-state index contributed by atoms with van der Waals surface area (Å²) in [5, 5.41) is 15.7. The van der Waals surface area contributed by atoms with Gasteiger partial charge in [-0.2, -0.15) is 5.10 Å². The first-order chi connectivity index (χ1) is 20.2. The number of fused-ring (bicyclic) bond motifs is 1. The zero-order valence-corrected chi connectivity index (χ0v) is 22.5. The Bertz CT molecular complexity index is 1870. The molecule has 0 aliphatic carbocycles. The number of H-pyrrole nitrogens is 1. The lowest BCUT2D eigenvalue weighted by Gasteiger charge is -2.10. The number of nitro benzene ring substituents is 1. The van der Waals surface area contributed by atoms with Gasteiger partial charge in [-0.3, -0.25) is 14.9 Å². The standard InChI is InChI=1S/C30H20ClFN4O6/c1-41-26-14-17(6-13-25(26)42-30(38)18-7-10-20(11-8-18)36(39)40)16-33-35-29(37)28-27(21-4-2-3-5-23(21)31)22-15-19(32)9-12-24(22)34-28/h2-16,34H,1H3,(H,35,37). The van der Waals surface area contributed by atoms with Crippen molar-refractivity contribution in [2.45, 2.75) is 0 Å². The highest BCUT2D eigenvalue weighted by atomic mass is 35.5. The normalized spacial score (nSPS) is 11.0. The number of hydrogen-bond acceptors (Lipinski definition) is 7. The lowest BCUT2D eigenvalue weighted by molar-refractivity contribution is -0.384. The molecule has 4 aromatic carbocycles. The minimum Gasteiger partial charge on any atom is -0.493 e. The number of nitrogens with one attached hydrogen (secondary N) is 2. The van der Waals surface area contributed by atoms with Crippen LogP contribution in [0.5, 0.6) is 11.5 Å². The molecule has 5 aromatic rings. The summed E-state index contributed by atoms with van der Waals surface area (Å²) in [6, 6.07) is 20.7. The van der Waals surface area contributed by atoms with Crippen LogP contribution in [0, 0.1) is 15.9 Å². The third-order valence-electron chi connectivity index (χ3n) is 6.21. The average Bonchev–Trinajstić information content (AvgIpc) is 3.36. The van der Waals surface area contributed by atoms with Crippen LogP contribution in [0.25, 0.3) is 22.0 Å². The molecular weight excluding hydrogens is 567 g/mol. The average molecular weight is 587 g/mol. The molecule has 0 aliphatic heterocycles. The zero-order valence-electron chi connectivity index (χ0n) is 21.8. The molecule has 0 bridgehead atoms. The van der Waals surface area contributed by atoms with Crippen molar-refractivity contribution in [1.82, 2.24) is 10.4 Å². The van der Waals surface area contributed by atoms with Crippen molar-refractivity contribution in [2.75, 3.05) is 7.11 Å². The van der Waals surface area contributed by atoms with Gasteiger partial charge in [0.1, 0.15) is 11.5 Å². The number of carbonyl (C=O) groups excluding carboxylic acids is 2. The van der Waals surface area contributed by atoms with Crippen molar-refractivity contribution in [3.05, 3.63) is 123 Å². The van der Waals surface area contributed by atoms with Crippen LogP contribution in [0.3, 0.4) is 0 Å². The van der Waals surface area contributed by atoms with E-state index in [-0.39, 0.29) is 28.4 Å². The predicted octanol–water partition coefficient (Wildman–Crippen LogP) is 6.53. The van der Waals surface area contributed by atoms with Crippen molar-refractivity contribution in [1.29, 1.82) is 0 Å². The van der Waals surface area contributed by atoms with Gasteiger partial charge in [-0.25, -0.2) is 14.6 Å². The van der Waals surface area contributed by atoms with Gasteiger partial charge >= 0.3 is 5.97 Å². The number of nitrogens with zero attached hydrogens (tertiary/aromatic N) is 2. The Morgan fingerprint density at radius 1 is 1.02 bits per heavy atom. The summed E-state index contributed by atoms with van der Waals surface area (Å²) in [4.78, 5) is 39.0. The Morgan fingerprint density at radius 3 is 2.50 bits per heavy atom. The first kappa shape index (κ1) is 28.0. The third-order valence-corrected chi connectivity index (χ3v) is 6.54. The molecule has 0 fully saturated rings. The van der Waals surface area contributed by atoms with E-state index in [1.54, 1.807) is 30.3 Å². The molecule has 0 saturated carbocycles. The zero-order chi connectivity index (χ0) is 29.8. The van der Waals surface area contributed by atoms with E-state index in [9.17, 15) is 24.1 Å². The number of nitro groups is 1. The Hall–Kier alpha value is -5.55. The largest absolute Gasteiger partial charge is 0.493 e. The SMILES string of the molecule is COc1cc(C=NNC(=O)c2[nH]c3ccc(F)cc3c2-c2ccccc2Cl)ccc1OC(=O)c1ccc([N+](=O)[O-])cc1. The lowest BCUT2D eigenvalue weighted by Crippen LogP contribution is -2.19. The van der Waals surface area contributed by atoms with Crippen LogP contribution in [-0.4, -0.2) is 35.1 Å². The second-order valence-electron chi connectivity index (χ2n) is 8.85. The fraction of sp³-hybridized carbons (Fsp3) is 0.0333. The number of ether oxygens (including phenoxy) is 2. The van der Waals surface area contributed by atoms with Crippen LogP contribution in [-0.2, 0) is 0 Å². The highest BCUT2D eigenvalue weighted by molar-refractivity contribution is 6.34. The van der Waals surface area contributed by atoms with Gasteiger partial charge in [-0.1, -0.05) is 29.8 Å². The number of hydrazone groups is 1. The number of rotatable bonds is 8. The van der Waals surface area contributed by atoms with Crippen LogP contribution in [0.4, 0.5) is 10.1 Å².